The molecule has 2 nitrogen and oxygen atoms in total. The average Bonchev–Trinajstić information content (AvgIpc) is 2.20. The highest BCUT2D eigenvalue weighted by Gasteiger charge is 2.19. The molecule has 0 spiro atoms. The van der Waals surface area contributed by atoms with Crippen molar-refractivity contribution in [2.24, 2.45) is 0 Å². The van der Waals surface area contributed by atoms with Crippen LogP contribution in [0.1, 0.15) is 23.4 Å². The summed E-state index contributed by atoms with van der Waals surface area (Å²) in [6.45, 7) is 0. The van der Waals surface area contributed by atoms with Gasteiger partial charge < -0.3 is 0 Å². The first-order chi connectivity index (χ1) is 7.10. The van der Waals surface area contributed by atoms with E-state index in [0.717, 1.165) is 6.07 Å². The lowest BCUT2D eigenvalue weighted by Gasteiger charge is -2.07. The smallest absolute Gasteiger partial charge is 0.250 e. The standard InChI is InChI=1S/C9H6ClF3N2/c10-4-5-3-7(11)6(1-2-14)8(15-5)9(12)13/h3,9H,1,4H2. The molecule has 6 heteroatoms. The Kier molecular flexibility index (Phi) is 3.92. The Balaban J connectivity index is 3.30. The van der Waals surface area contributed by atoms with Crippen molar-refractivity contribution in [2.45, 2.75) is 18.7 Å². The average molecular weight is 235 g/mol. The molecule has 0 saturated carbocycles. The van der Waals surface area contributed by atoms with Gasteiger partial charge in [-0.1, -0.05) is 0 Å². The topological polar surface area (TPSA) is 36.7 Å². The molecule has 0 aromatic carbocycles. The molecule has 1 rings (SSSR count). The number of rotatable bonds is 3. The number of nitrogens with zero attached hydrogens (tertiary/aromatic N) is 2. The van der Waals surface area contributed by atoms with Gasteiger partial charge in [0.05, 0.1) is 24.1 Å². The third-order valence-corrected chi connectivity index (χ3v) is 2.03. The molecule has 0 fully saturated rings. The van der Waals surface area contributed by atoms with E-state index in [-0.39, 0.29) is 17.1 Å². The minimum Gasteiger partial charge on any atom is -0.250 e. The van der Waals surface area contributed by atoms with Gasteiger partial charge in [-0.3, -0.25) is 4.98 Å². The number of hydrogen-bond donors (Lipinski definition) is 0. The number of halogens is 4. The van der Waals surface area contributed by atoms with Crippen LogP contribution in [0.15, 0.2) is 6.07 Å². The molecule has 0 N–H and O–H groups in total. The van der Waals surface area contributed by atoms with Crippen molar-refractivity contribution < 1.29 is 13.2 Å². The molecule has 0 unspecified atom stereocenters. The SMILES string of the molecule is N#CCc1c(F)cc(CCl)nc1C(F)F. The van der Waals surface area contributed by atoms with E-state index >= 15 is 0 Å². The molecule has 0 saturated heterocycles. The lowest BCUT2D eigenvalue weighted by molar-refractivity contribution is 0.144. The van der Waals surface area contributed by atoms with Gasteiger partial charge >= 0.3 is 0 Å². The first-order valence-electron chi connectivity index (χ1n) is 3.99. The summed E-state index contributed by atoms with van der Waals surface area (Å²) in [7, 11) is 0. The number of hydrogen-bond acceptors (Lipinski definition) is 2. The quantitative estimate of drug-likeness (QED) is 0.754. The van der Waals surface area contributed by atoms with E-state index in [1.165, 1.54) is 0 Å². The highest BCUT2D eigenvalue weighted by atomic mass is 35.5. The largest absolute Gasteiger partial charge is 0.280 e. The van der Waals surface area contributed by atoms with Crippen LogP contribution < -0.4 is 0 Å². The molecule has 1 aromatic rings. The zero-order valence-corrected chi connectivity index (χ0v) is 8.23. The maximum atomic E-state index is 13.3. The van der Waals surface area contributed by atoms with Gasteiger partial charge in [0.1, 0.15) is 11.5 Å². The first kappa shape index (κ1) is 11.8. The lowest BCUT2D eigenvalue weighted by Crippen LogP contribution is -2.04. The van der Waals surface area contributed by atoms with Crippen LogP contribution in [0.25, 0.3) is 0 Å². The normalized spacial score (nSPS) is 10.4. The van der Waals surface area contributed by atoms with Crippen LogP contribution in [-0.2, 0) is 12.3 Å². The van der Waals surface area contributed by atoms with Gasteiger partial charge in [-0.25, -0.2) is 13.2 Å². The fourth-order valence-corrected chi connectivity index (χ4v) is 1.25. The van der Waals surface area contributed by atoms with Crippen LogP contribution in [-0.4, -0.2) is 4.98 Å². The maximum absolute atomic E-state index is 13.3. The number of alkyl halides is 3. The molecule has 0 amide bonds. The minimum atomic E-state index is -2.91. The van der Waals surface area contributed by atoms with Crippen LogP contribution in [0.2, 0.25) is 0 Å². The molecule has 0 aliphatic heterocycles. The van der Waals surface area contributed by atoms with Crippen molar-refractivity contribution in [1.29, 1.82) is 5.26 Å². The number of pyridine rings is 1. The van der Waals surface area contributed by atoms with Gasteiger partial charge in [0.15, 0.2) is 0 Å². The minimum absolute atomic E-state index is 0.0335. The Morgan fingerprint density at radius 3 is 2.67 bits per heavy atom. The molecule has 1 aromatic heterocycles. The van der Waals surface area contributed by atoms with Crippen LogP contribution >= 0.6 is 11.6 Å². The summed E-state index contributed by atoms with van der Waals surface area (Å²) in [5.41, 5.74) is -1.03. The van der Waals surface area contributed by atoms with Gasteiger partial charge in [-0.15, -0.1) is 11.6 Å². The maximum Gasteiger partial charge on any atom is 0.280 e. The molecule has 0 radical (unpaired) electrons. The monoisotopic (exact) mass is 234 g/mol. The summed E-state index contributed by atoms with van der Waals surface area (Å²) in [5.74, 6) is -1.01. The van der Waals surface area contributed by atoms with E-state index in [1.807, 2.05) is 0 Å². The highest BCUT2D eigenvalue weighted by molar-refractivity contribution is 6.16. The zero-order valence-electron chi connectivity index (χ0n) is 7.48. The van der Waals surface area contributed by atoms with Crippen LogP contribution in [0.5, 0.6) is 0 Å². The fourth-order valence-electron chi connectivity index (χ4n) is 1.11. The third-order valence-electron chi connectivity index (χ3n) is 1.75. The predicted molar refractivity (Wildman–Crippen MR) is 48.0 cm³/mol. The highest BCUT2D eigenvalue weighted by Crippen LogP contribution is 2.24. The second-order valence-electron chi connectivity index (χ2n) is 2.73. The van der Waals surface area contributed by atoms with Crippen molar-refractivity contribution >= 4 is 11.6 Å². The summed E-state index contributed by atoms with van der Waals surface area (Å²) < 4.78 is 38.2. The summed E-state index contributed by atoms with van der Waals surface area (Å²) in [4.78, 5) is 3.50. The number of aromatic nitrogens is 1. The molecular weight excluding hydrogens is 229 g/mol. The van der Waals surface area contributed by atoms with E-state index in [4.69, 9.17) is 16.9 Å². The molecule has 15 heavy (non-hydrogen) atoms. The van der Waals surface area contributed by atoms with Crippen LogP contribution in [0, 0.1) is 17.1 Å². The Hall–Kier alpha value is -1.28. The van der Waals surface area contributed by atoms with Gasteiger partial charge in [0, 0.05) is 5.56 Å². The Morgan fingerprint density at radius 1 is 1.53 bits per heavy atom. The van der Waals surface area contributed by atoms with E-state index < -0.39 is 24.4 Å². The van der Waals surface area contributed by atoms with E-state index in [2.05, 4.69) is 4.98 Å². The summed E-state index contributed by atoms with van der Waals surface area (Å²) in [5, 5.41) is 8.36. The zero-order chi connectivity index (χ0) is 11.4. The third kappa shape index (κ3) is 2.60. The van der Waals surface area contributed by atoms with Crippen molar-refractivity contribution in [3.05, 3.63) is 28.8 Å². The summed E-state index contributed by atoms with van der Waals surface area (Å²) >= 11 is 5.37. The van der Waals surface area contributed by atoms with Gasteiger partial charge in [-0.2, -0.15) is 5.26 Å². The molecule has 80 valence electrons. The Bertz CT molecular complexity index is 401. The van der Waals surface area contributed by atoms with Gasteiger partial charge in [0.25, 0.3) is 6.43 Å². The summed E-state index contributed by atoms with van der Waals surface area (Å²) in [6, 6.07) is 2.58. The lowest BCUT2D eigenvalue weighted by atomic mass is 10.1. The van der Waals surface area contributed by atoms with Crippen molar-refractivity contribution in [2.75, 3.05) is 0 Å². The van der Waals surface area contributed by atoms with E-state index in [9.17, 15) is 13.2 Å². The second kappa shape index (κ2) is 4.99. The summed E-state index contributed by atoms with van der Waals surface area (Å²) in [6.07, 6.45) is -3.34. The van der Waals surface area contributed by atoms with E-state index in [0.29, 0.717) is 0 Å². The molecule has 1 heterocycles. The Labute approximate surface area is 89.3 Å². The van der Waals surface area contributed by atoms with Gasteiger partial charge in [-0.05, 0) is 6.07 Å². The first-order valence-corrected chi connectivity index (χ1v) is 4.52. The molecular formula is C9H6ClF3N2. The Morgan fingerprint density at radius 2 is 2.20 bits per heavy atom. The second-order valence-corrected chi connectivity index (χ2v) is 3.00. The van der Waals surface area contributed by atoms with Crippen molar-refractivity contribution in [1.82, 2.24) is 4.98 Å². The van der Waals surface area contributed by atoms with Crippen molar-refractivity contribution in [3.63, 3.8) is 0 Å². The van der Waals surface area contributed by atoms with E-state index in [1.54, 1.807) is 6.07 Å². The van der Waals surface area contributed by atoms with Crippen LogP contribution in [0.4, 0.5) is 13.2 Å². The molecule has 0 aliphatic carbocycles. The molecule has 0 bridgehead atoms. The van der Waals surface area contributed by atoms with Gasteiger partial charge in [0.2, 0.25) is 0 Å². The van der Waals surface area contributed by atoms with Crippen LogP contribution in [0.3, 0.4) is 0 Å². The predicted octanol–water partition coefficient (Wildman–Crippen LogP) is 2.96. The van der Waals surface area contributed by atoms with Crippen molar-refractivity contribution in [3.8, 4) is 6.07 Å². The number of nitriles is 1. The molecule has 0 atom stereocenters. The molecule has 0 aliphatic rings. The fraction of sp³-hybridized carbons (Fsp3) is 0.333.